The summed E-state index contributed by atoms with van der Waals surface area (Å²) in [5, 5.41) is 3.63. The number of halogens is 3. The zero-order valence-electron chi connectivity index (χ0n) is 12.0. The fourth-order valence-electron chi connectivity index (χ4n) is 1.30. The van der Waals surface area contributed by atoms with Crippen LogP contribution in [0.5, 0.6) is 0 Å². The molecule has 0 spiro atoms. The lowest BCUT2D eigenvalue weighted by atomic mass is 9.89. The van der Waals surface area contributed by atoms with Crippen LogP contribution in [0.4, 0.5) is 23.8 Å². The molecule has 1 heterocycles. The molecule has 0 aromatic carbocycles. The monoisotopic (exact) mass is 293 g/mol. The van der Waals surface area contributed by atoms with Gasteiger partial charge in [0.25, 0.3) is 0 Å². The number of hydrogen-bond donors (Lipinski definition) is 1. The van der Waals surface area contributed by atoms with E-state index in [2.05, 4.69) is 5.10 Å². The molecule has 0 bridgehead atoms. The number of rotatable bonds is 1. The van der Waals surface area contributed by atoms with E-state index in [4.69, 9.17) is 10.5 Å². The summed E-state index contributed by atoms with van der Waals surface area (Å²) in [7, 11) is 0. The van der Waals surface area contributed by atoms with Crippen LogP contribution in [0.3, 0.4) is 0 Å². The Morgan fingerprint density at radius 1 is 1.25 bits per heavy atom. The van der Waals surface area contributed by atoms with Crippen molar-refractivity contribution in [3.8, 4) is 0 Å². The van der Waals surface area contributed by atoms with Crippen molar-refractivity contribution < 1.29 is 22.7 Å². The molecule has 5 nitrogen and oxygen atoms in total. The van der Waals surface area contributed by atoms with Gasteiger partial charge in [-0.2, -0.15) is 18.3 Å². The van der Waals surface area contributed by atoms with Crippen LogP contribution in [0, 0.1) is 0 Å². The molecule has 0 aliphatic heterocycles. The van der Waals surface area contributed by atoms with Gasteiger partial charge >= 0.3 is 12.3 Å². The van der Waals surface area contributed by atoms with E-state index < -0.39 is 23.3 Å². The molecule has 0 amide bonds. The van der Waals surface area contributed by atoms with Crippen molar-refractivity contribution in [2.45, 2.75) is 51.8 Å². The molecule has 114 valence electrons. The van der Waals surface area contributed by atoms with Gasteiger partial charge in [0.05, 0.1) is 5.69 Å². The number of anilines is 1. The van der Waals surface area contributed by atoms with Gasteiger partial charge in [-0.05, 0) is 34.6 Å². The molecule has 1 aromatic heterocycles. The van der Waals surface area contributed by atoms with Crippen LogP contribution in [-0.4, -0.2) is 27.7 Å². The van der Waals surface area contributed by atoms with Gasteiger partial charge in [-0.25, -0.2) is 4.79 Å². The molecular formula is C12H18F3N3O2. The summed E-state index contributed by atoms with van der Waals surface area (Å²) in [5.41, 5.74) is 2.18. The van der Waals surface area contributed by atoms with Crippen LogP contribution < -0.4 is 5.73 Å². The molecule has 0 radical (unpaired) electrons. The molecule has 1 rings (SSSR count). The molecule has 20 heavy (non-hydrogen) atoms. The van der Waals surface area contributed by atoms with Gasteiger partial charge in [0, 0.05) is 6.07 Å². The maximum Gasteiger partial charge on any atom is 0.437 e. The molecule has 0 fully saturated rings. The number of nitrogens with zero attached hydrogens (tertiary/aromatic N) is 2. The number of alkyl halides is 3. The van der Waals surface area contributed by atoms with E-state index in [0.29, 0.717) is 4.68 Å². The van der Waals surface area contributed by atoms with Crippen molar-refractivity contribution in [1.82, 2.24) is 9.78 Å². The highest BCUT2D eigenvalue weighted by Crippen LogP contribution is 2.40. The van der Waals surface area contributed by atoms with E-state index in [-0.39, 0.29) is 11.5 Å². The standard InChI is InChI=1S/C12H18F3N3O2/c1-10(2,3)20-9(19)18-8(16)6-7(17-18)11(4,5)12(13,14)15/h6H,16H2,1-5H3. The third-order valence-electron chi connectivity index (χ3n) is 2.65. The lowest BCUT2D eigenvalue weighted by Crippen LogP contribution is -2.37. The number of carbonyl (C=O) groups excluding carboxylic acids is 1. The predicted octanol–water partition coefficient (Wildman–Crippen LogP) is 3.09. The third-order valence-corrected chi connectivity index (χ3v) is 2.65. The zero-order chi connectivity index (χ0) is 15.9. The SMILES string of the molecule is CC(C)(C)OC(=O)n1nc(C(C)(C)C(F)(F)F)cc1N. The van der Waals surface area contributed by atoms with Gasteiger partial charge < -0.3 is 10.5 Å². The minimum Gasteiger partial charge on any atom is -0.442 e. The summed E-state index contributed by atoms with van der Waals surface area (Å²) in [5.74, 6) is -0.202. The molecule has 0 aliphatic rings. The molecular weight excluding hydrogens is 275 g/mol. The lowest BCUT2D eigenvalue weighted by molar-refractivity contribution is -0.181. The fourth-order valence-corrected chi connectivity index (χ4v) is 1.30. The highest BCUT2D eigenvalue weighted by molar-refractivity contribution is 5.74. The molecule has 0 saturated carbocycles. The second-order valence-electron chi connectivity index (χ2n) is 5.97. The van der Waals surface area contributed by atoms with Crippen molar-refractivity contribution in [3.05, 3.63) is 11.8 Å². The summed E-state index contributed by atoms with van der Waals surface area (Å²) in [6.45, 7) is 6.82. The van der Waals surface area contributed by atoms with E-state index in [1.807, 2.05) is 0 Å². The van der Waals surface area contributed by atoms with Crippen LogP contribution in [0.1, 0.15) is 40.3 Å². The van der Waals surface area contributed by atoms with Gasteiger partial charge in [0.15, 0.2) is 0 Å². The first-order valence-electron chi connectivity index (χ1n) is 5.92. The van der Waals surface area contributed by atoms with Crippen LogP contribution >= 0.6 is 0 Å². The second kappa shape index (κ2) is 4.68. The van der Waals surface area contributed by atoms with Crippen molar-refractivity contribution in [3.63, 3.8) is 0 Å². The van der Waals surface area contributed by atoms with E-state index in [1.165, 1.54) is 0 Å². The Balaban J connectivity index is 3.15. The van der Waals surface area contributed by atoms with Gasteiger partial charge in [0.1, 0.15) is 16.8 Å². The minimum absolute atomic E-state index is 0.202. The summed E-state index contributed by atoms with van der Waals surface area (Å²) in [6.07, 6.45) is -5.42. The van der Waals surface area contributed by atoms with Crippen LogP contribution in [0.15, 0.2) is 6.07 Å². The van der Waals surface area contributed by atoms with Crippen molar-refractivity contribution in [2.24, 2.45) is 0 Å². The zero-order valence-corrected chi connectivity index (χ0v) is 12.0. The Kier molecular flexibility index (Phi) is 3.82. The van der Waals surface area contributed by atoms with E-state index in [0.717, 1.165) is 19.9 Å². The average Bonchev–Trinajstić information content (AvgIpc) is 2.56. The van der Waals surface area contributed by atoms with E-state index in [1.54, 1.807) is 20.8 Å². The van der Waals surface area contributed by atoms with Gasteiger partial charge in [-0.3, -0.25) is 0 Å². The Morgan fingerprint density at radius 2 is 1.75 bits per heavy atom. The van der Waals surface area contributed by atoms with Gasteiger partial charge in [-0.15, -0.1) is 4.68 Å². The molecule has 0 atom stereocenters. The van der Waals surface area contributed by atoms with Crippen molar-refractivity contribution >= 4 is 11.9 Å². The topological polar surface area (TPSA) is 70.1 Å². The molecule has 0 aliphatic carbocycles. The summed E-state index contributed by atoms with van der Waals surface area (Å²) in [4.78, 5) is 11.8. The highest BCUT2D eigenvalue weighted by atomic mass is 19.4. The second-order valence-corrected chi connectivity index (χ2v) is 5.97. The molecule has 0 saturated heterocycles. The first kappa shape index (κ1) is 16.3. The summed E-state index contributed by atoms with van der Waals surface area (Å²) < 4.78 is 44.4. The lowest BCUT2D eigenvalue weighted by Gasteiger charge is -2.25. The number of aromatic nitrogens is 2. The third kappa shape index (κ3) is 3.23. The van der Waals surface area contributed by atoms with E-state index >= 15 is 0 Å². The normalized spacial score (nSPS) is 13.4. The number of ether oxygens (including phenoxy) is 1. The van der Waals surface area contributed by atoms with Gasteiger partial charge in [0.2, 0.25) is 0 Å². The number of carbonyl (C=O) groups is 1. The fraction of sp³-hybridized carbons (Fsp3) is 0.667. The maximum atomic E-state index is 12.9. The summed E-state index contributed by atoms with van der Waals surface area (Å²) >= 11 is 0. The van der Waals surface area contributed by atoms with Crippen LogP contribution in [0.2, 0.25) is 0 Å². The smallest absolute Gasteiger partial charge is 0.437 e. The molecule has 0 unspecified atom stereocenters. The number of nitrogen functional groups attached to an aromatic ring is 1. The Labute approximate surface area is 114 Å². The van der Waals surface area contributed by atoms with Crippen molar-refractivity contribution in [2.75, 3.05) is 5.73 Å². The predicted molar refractivity (Wildman–Crippen MR) is 67.4 cm³/mol. The average molecular weight is 293 g/mol. The molecule has 2 N–H and O–H groups in total. The molecule has 8 heteroatoms. The first-order valence-corrected chi connectivity index (χ1v) is 5.92. The first-order chi connectivity index (χ1) is 8.75. The number of nitrogens with two attached hydrogens (primary N) is 1. The minimum atomic E-state index is -4.51. The molecule has 1 aromatic rings. The quantitative estimate of drug-likeness (QED) is 0.863. The van der Waals surface area contributed by atoms with Gasteiger partial charge in [-0.1, -0.05) is 0 Å². The summed E-state index contributed by atoms with van der Waals surface area (Å²) in [6, 6.07) is 1.03. The Bertz CT molecular complexity index is 513. The maximum absolute atomic E-state index is 12.9. The Morgan fingerprint density at radius 3 is 2.15 bits per heavy atom. The van der Waals surface area contributed by atoms with E-state index in [9.17, 15) is 18.0 Å². The number of hydrogen-bond acceptors (Lipinski definition) is 4. The van der Waals surface area contributed by atoms with Crippen LogP contribution in [-0.2, 0) is 10.2 Å². The van der Waals surface area contributed by atoms with Crippen LogP contribution in [0.25, 0.3) is 0 Å². The Hall–Kier alpha value is -1.73. The largest absolute Gasteiger partial charge is 0.442 e. The van der Waals surface area contributed by atoms with Crippen molar-refractivity contribution in [1.29, 1.82) is 0 Å². The highest BCUT2D eigenvalue weighted by Gasteiger charge is 2.50.